The van der Waals surface area contributed by atoms with E-state index in [1.807, 2.05) is 34.3 Å². The summed E-state index contributed by atoms with van der Waals surface area (Å²) in [5, 5.41) is 5.06. The Morgan fingerprint density at radius 1 is 1.38 bits per heavy atom. The number of amides is 1. The maximum Gasteiger partial charge on any atom is 0.240 e. The van der Waals surface area contributed by atoms with Crippen molar-refractivity contribution < 1.29 is 4.79 Å². The minimum absolute atomic E-state index is 0.0654. The van der Waals surface area contributed by atoms with Gasteiger partial charge in [-0.25, -0.2) is 4.98 Å². The van der Waals surface area contributed by atoms with E-state index in [2.05, 4.69) is 17.4 Å². The number of aromatic nitrogens is 2. The normalized spacial score (nSPS) is 14.5. The van der Waals surface area contributed by atoms with Gasteiger partial charge in [-0.15, -0.1) is 11.3 Å². The lowest BCUT2D eigenvalue weighted by Crippen LogP contribution is -2.29. The molecular weight excluding hydrogens is 282 g/mol. The van der Waals surface area contributed by atoms with Crippen molar-refractivity contribution in [1.29, 1.82) is 0 Å². The van der Waals surface area contributed by atoms with Crippen LogP contribution in [0.1, 0.15) is 12.8 Å². The zero-order chi connectivity index (χ0) is 14.2. The SMILES string of the molecule is O=C(Cn1cccc2cc(-c3cccs3)nc1-2)NC1CC1. The molecule has 0 atom stereocenters. The number of nitrogens with zero attached hydrogens (tertiary/aromatic N) is 2. The Hall–Kier alpha value is -2.14. The molecule has 0 unspecified atom stereocenters. The van der Waals surface area contributed by atoms with E-state index in [0.717, 1.165) is 34.8 Å². The molecule has 3 aliphatic rings. The largest absolute Gasteiger partial charge is 0.352 e. The summed E-state index contributed by atoms with van der Waals surface area (Å²) < 4.78 is 1.92. The molecule has 5 heteroatoms. The zero-order valence-electron chi connectivity index (χ0n) is 11.5. The summed E-state index contributed by atoms with van der Waals surface area (Å²) in [5.74, 6) is 0.933. The molecule has 0 aromatic carbocycles. The quantitative estimate of drug-likeness (QED) is 0.804. The molecule has 2 aliphatic heterocycles. The van der Waals surface area contributed by atoms with Gasteiger partial charge in [-0.1, -0.05) is 6.07 Å². The van der Waals surface area contributed by atoms with E-state index in [9.17, 15) is 4.79 Å². The number of thiophene rings is 1. The van der Waals surface area contributed by atoms with Gasteiger partial charge in [0.25, 0.3) is 0 Å². The summed E-state index contributed by atoms with van der Waals surface area (Å²) in [6.07, 6.45) is 4.13. The molecule has 3 heterocycles. The van der Waals surface area contributed by atoms with Gasteiger partial charge in [0.2, 0.25) is 5.91 Å². The highest BCUT2D eigenvalue weighted by molar-refractivity contribution is 7.13. The highest BCUT2D eigenvalue weighted by Crippen LogP contribution is 2.31. The number of nitrogens with one attached hydrogen (secondary N) is 1. The van der Waals surface area contributed by atoms with Gasteiger partial charge in [-0.3, -0.25) is 4.79 Å². The first-order valence-electron chi connectivity index (χ1n) is 7.09. The van der Waals surface area contributed by atoms with Gasteiger partial charge in [-0.2, -0.15) is 0 Å². The van der Waals surface area contributed by atoms with Crippen molar-refractivity contribution in [3.8, 4) is 22.0 Å². The van der Waals surface area contributed by atoms with E-state index in [1.165, 1.54) is 0 Å². The van der Waals surface area contributed by atoms with E-state index in [4.69, 9.17) is 4.98 Å². The third-order valence-electron chi connectivity index (χ3n) is 3.62. The summed E-state index contributed by atoms with van der Waals surface area (Å²) in [7, 11) is 0. The van der Waals surface area contributed by atoms with E-state index in [-0.39, 0.29) is 5.91 Å². The molecule has 1 fully saturated rings. The Kier molecular flexibility index (Phi) is 3.00. The first-order chi connectivity index (χ1) is 10.3. The zero-order valence-corrected chi connectivity index (χ0v) is 12.3. The van der Waals surface area contributed by atoms with Gasteiger partial charge in [0, 0.05) is 17.8 Å². The number of hydrogen-bond acceptors (Lipinski definition) is 3. The van der Waals surface area contributed by atoms with Gasteiger partial charge in [0.15, 0.2) is 0 Å². The minimum Gasteiger partial charge on any atom is -0.352 e. The highest BCUT2D eigenvalue weighted by Gasteiger charge is 2.23. The number of hydrogen-bond donors (Lipinski definition) is 1. The smallest absolute Gasteiger partial charge is 0.240 e. The van der Waals surface area contributed by atoms with Crippen molar-refractivity contribution >= 4 is 17.2 Å². The van der Waals surface area contributed by atoms with Gasteiger partial charge in [0.05, 0.1) is 10.6 Å². The Morgan fingerprint density at radius 3 is 3.05 bits per heavy atom. The summed E-state index contributed by atoms with van der Waals surface area (Å²) in [4.78, 5) is 17.8. The van der Waals surface area contributed by atoms with E-state index in [0.29, 0.717) is 12.6 Å². The van der Waals surface area contributed by atoms with Crippen LogP contribution in [-0.4, -0.2) is 21.5 Å². The van der Waals surface area contributed by atoms with Crippen molar-refractivity contribution in [3.63, 3.8) is 0 Å². The van der Waals surface area contributed by atoms with E-state index >= 15 is 0 Å². The molecule has 106 valence electrons. The molecule has 1 aromatic rings. The summed E-state index contributed by atoms with van der Waals surface area (Å²) in [5.41, 5.74) is 2.04. The molecule has 1 aromatic heterocycles. The molecule has 1 saturated carbocycles. The Labute approximate surface area is 126 Å². The van der Waals surface area contributed by atoms with E-state index < -0.39 is 0 Å². The van der Waals surface area contributed by atoms with Crippen LogP contribution >= 0.6 is 11.3 Å². The lowest BCUT2D eigenvalue weighted by atomic mass is 10.2. The second-order valence-electron chi connectivity index (χ2n) is 5.38. The van der Waals surface area contributed by atoms with Crippen LogP contribution in [0.3, 0.4) is 0 Å². The number of pyridine rings is 1. The van der Waals surface area contributed by atoms with Crippen LogP contribution in [-0.2, 0) is 11.3 Å². The molecule has 1 aliphatic carbocycles. The maximum absolute atomic E-state index is 12.0. The van der Waals surface area contributed by atoms with Crippen LogP contribution in [0.4, 0.5) is 0 Å². The molecule has 0 radical (unpaired) electrons. The second-order valence-corrected chi connectivity index (χ2v) is 6.32. The summed E-state index contributed by atoms with van der Waals surface area (Å²) in [6, 6.07) is 10.6. The van der Waals surface area contributed by atoms with Gasteiger partial charge >= 0.3 is 0 Å². The predicted molar refractivity (Wildman–Crippen MR) is 83.3 cm³/mol. The maximum atomic E-state index is 12.0. The van der Waals surface area contributed by atoms with Crippen LogP contribution in [0, 0.1) is 0 Å². The van der Waals surface area contributed by atoms with Crippen LogP contribution < -0.4 is 5.32 Å². The monoisotopic (exact) mass is 297 g/mol. The molecule has 0 saturated heterocycles. The van der Waals surface area contributed by atoms with Crippen molar-refractivity contribution in [1.82, 2.24) is 14.9 Å². The van der Waals surface area contributed by atoms with E-state index in [1.54, 1.807) is 11.3 Å². The van der Waals surface area contributed by atoms with Crippen LogP contribution in [0.15, 0.2) is 41.9 Å². The van der Waals surface area contributed by atoms with Gasteiger partial charge in [-0.05, 0) is 42.5 Å². The number of carbonyl (C=O) groups excluding carboxylic acids is 1. The fourth-order valence-corrected chi connectivity index (χ4v) is 3.12. The van der Waals surface area contributed by atoms with Crippen molar-refractivity contribution in [3.05, 3.63) is 41.9 Å². The minimum atomic E-state index is 0.0654. The third-order valence-corrected chi connectivity index (χ3v) is 4.51. The van der Waals surface area contributed by atoms with Crippen LogP contribution in [0.25, 0.3) is 22.0 Å². The lowest BCUT2D eigenvalue weighted by Gasteiger charge is -2.10. The van der Waals surface area contributed by atoms with Crippen LogP contribution in [0.2, 0.25) is 0 Å². The van der Waals surface area contributed by atoms with Crippen molar-refractivity contribution in [2.45, 2.75) is 25.4 Å². The molecule has 4 rings (SSSR count). The molecule has 1 amide bonds. The molecule has 4 nitrogen and oxygen atoms in total. The van der Waals surface area contributed by atoms with Gasteiger partial charge in [0.1, 0.15) is 12.4 Å². The van der Waals surface area contributed by atoms with Crippen molar-refractivity contribution in [2.75, 3.05) is 0 Å². The van der Waals surface area contributed by atoms with Crippen LogP contribution in [0.5, 0.6) is 0 Å². The highest BCUT2D eigenvalue weighted by atomic mass is 32.1. The first kappa shape index (κ1) is 12.6. The Bertz CT molecular complexity index is 743. The third kappa shape index (κ3) is 2.56. The number of fused-ring (bicyclic) bond motifs is 1. The predicted octanol–water partition coefficient (Wildman–Crippen LogP) is 3.00. The molecular formula is C16H15N3OS. The fourth-order valence-electron chi connectivity index (χ4n) is 2.43. The second kappa shape index (κ2) is 5.00. The molecule has 1 N–H and O–H groups in total. The first-order valence-corrected chi connectivity index (χ1v) is 7.97. The topological polar surface area (TPSA) is 46.9 Å². The Morgan fingerprint density at radius 2 is 2.29 bits per heavy atom. The average molecular weight is 297 g/mol. The molecule has 21 heavy (non-hydrogen) atoms. The van der Waals surface area contributed by atoms with Crippen molar-refractivity contribution in [2.24, 2.45) is 0 Å². The standard InChI is InChI=1S/C16H15N3OS/c20-15(17-12-5-6-12)10-19-7-1-3-11-9-13(18-16(11)19)14-4-2-8-21-14/h1-4,7-9,12H,5-6,10H2,(H,17,20). The lowest BCUT2D eigenvalue weighted by molar-refractivity contribution is -0.121. The number of carbonyl (C=O) groups is 1. The fraction of sp³-hybridized carbons (Fsp3) is 0.250. The summed E-state index contributed by atoms with van der Waals surface area (Å²) >= 11 is 1.68. The number of rotatable bonds is 4. The Balaban J connectivity index is 1.64. The molecule has 0 bridgehead atoms. The average Bonchev–Trinajstić information content (AvgIpc) is 2.98. The molecule has 0 spiro atoms. The summed E-state index contributed by atoms with van der Waals surface area (Å²) in [6.45, 7) is 0.328. The van der Waals surface area contributed by atoms with Gasteiger partial charge < -0.3 is 9.88 Å².